The molecule has 7 rings (SSSR count). The molecule has 1 saturated carbocycles. The molecule has 0 radical (unpaired) electrons. The average Bonchev–Trinajstić information content (AvgIpc) is 3.71. The summed E-state index contributed by atoms with van der Waals surface area (Å²) >= 11 is 9.68. The normalized spacial score (nSPS) is 15.7. The fourth-order valence-electron chi connectivity index (χ4n) is 5.76. The van der Waals surface area contributed by atoms with E-state index < -0.39 is 5.91 Å². The number of amides is 2. The minimum atomic E-state index is -0.473. The van der Waals surface area contributed by atoms with Crippen LogP contribution in [0.3, 0.4) is 0 Å². The Bertz CT molecular complexity index is 2070. The minimum Gasteiger partial charge on any atom is -0.490 e. The number of fused-ring (bicyclic) bond motifs is 1. The first kappa shape index (κ1) is 30.9. The van der Waals surface area contributed by atoms with Gasteiger partial charge in [0.15, 0.2) is 0 Å². The summed E-state index contributed by atoms with van der Waals surface area (Å²) in [4.78, 5) is 43.7. The van der Waals surface area contributed by atoms with Crippen molar-refractivity contribution in [2.75, 3.05) is 0 Å². The predicted octanol–water partition coefficient (Wildman–Crippen LogP) is 5.93. The van der Waals surface area contributed by atoms with Gasteiger partial charge >= 0.3 is 5.69 Å². The van der Waals surface area contributed by atoms with Gasteiger partial charge in [0.05, 0.1) is 29.1 Å². The molecule has 3 aromatic carbocycles. The standard InChI is InChI=1S/C34H30BrClN6O5/c1-19-17-41-29(18-40(19)33(44)21-7-14-27(35)28(36)15-21)30(42(34(41)45)23-8-10-24(11-9-23)47-25-12-13-25)31(43)37-16-22-5-3-4-6-26(22)32-39-38-20(2)46-32/h3-11,14-15,19,25H,12-13,16-18H2,1-2H3,(H,37,43)/t19-/m1/s1. The molecule has 0 spiro atoms. The Morgan fingerprint density at radius 2 is 1.85 bits per heavy atom. The van der Waals surface area contributed by atoms with Crippen LogP contribution in [0.1, 0.15) is 57.8 Å². The lowest BCUT2D eigenvalue weighted by molar-refractivity contribution is 0.0610. The van der Waals surface area contributed by atoms with Crippen LogP contribution in [-0.4, -0.2) is 48.2 Å². The molecule has 0 saturated heterocycles. The molecule has 1 fully saturated rings. The topological polar surface area (TPSA) is 124 Å². The van der Waals surface area contributed by atoms with Crippen LogP contribution in [0.5, 0.6) is 5.75 Å². The fraction of sp³-hybridized carbons (Fsp3) is 0.265. The highest BCUT2D eigenvalue weighted by Crippen LogP contribution is 2.30. The van der Waals surface area contributed by atoms with E-state index in [1.165, 1.54) is 4.57 Å². The number of hydrogen-bond donors (Lipinski definition) is 1. The monoisotopic (exact) mass is 716 g/mol. The van der Waals surface area contributed by atoms with Gasteiger partial charge in [-0.05, 0) is 89.8 Å². The lowest BCUT2D eigenvalue weighted by Crippen LogP contribution is -2.47. The predicted molar refractivity (Wildman–Crippen MR) is 178 cm³/mol. The van der Waals surface area contributed by atoms with Crippen molar-refractivity contribution in [3.05, 3.63) is 115 Å². The maximum Gasteiger partial charge on any atom is 0.333 e. The quantitative estimate of drug-likeness (QED) is 0.211. The number of rotatable bonds is 8. The largest absolute Gasteiger partial charge is 0.490 e. The molecular weight excluding hydrogens is 688 g/mol. The molecule has 13 heteroatoms. The first-order valence-electron chi connectivity index (χ1n) is 15.2. The van der Waals surface area contributed by atoms with E-state index in [9.17, 15) is 14.4 Å². The first-order valence-corrected chi connectivity index (χ1v) is 16.4. The van der Waals surface area contributed by atoms with Gasteiger partial charge in [0.25, 0.3) is 11.8 Å². The molecule has 1 atom stereocenters. The second kappa shape index (κ2) is 12.5. The summed E-state index contributed by atoms with van der Waals surface area (Å²) in [5, 5.41) is 11.5. The van der Waals surface area contributed by atoms with E-state index >= 15 is 0 Å². The van der Waals surface area contributed by atoms with Gasteiger partial charge < -0.3 is 19.4 Å². The second-order valence-corrected chi connectivity index (χ2v) is 13.0. The molecule has 3 heterocycles. The third-order valence-electron chi connectivity index (χ3n) is 8.32. The van der Waals surface area contributed by atoms with Crippen LogP contribution in [0, 0.1) is 6.92 Å². The van der Waals surface area contributed by atoms with Gasteiger partial charge in [0.1, 0.15) is 11.4 Å². The SMILES string of the molecule is Cc1nnc(-c2ccccc2CNC(=O)c2c3n(c(=O)n2-c2ccc(OC4CC4)cc2)C[C@@H](C)N(C(=O)c2ccc(Br)c(Cl)c2)C3)o1. The number of aryl methyl sites for hydroxylation is 1. The number of imidazole rings is 1. The van der Waals surface area contributed by atoms with Gasteiger partial charge in [-0.1, -0.05) is 29.8 Å². The molecule has 1 N–H and O–H groups in total. The Labute approximate surface area is 283 Å². The number of nitrogens with zero attached hydrogens (tertiary/aromatic N) is 5. The van der Waals surface area contributed by atoms with E-state index in [2.05, 4.69) is 31.4 Å². The van der Waals surface area contributed by atoms with Crippen molar-refractivity contribution in [3.8, 4) is 22.9 Å². The molecule has 47 heavy (non-hydrogen) atoms. The van der Waals surface area contributed by atoms with Gasteiger partial charge in [-0.2, -0.15) is 0 Å². The van der Waals surface area contributed by atoms with E-state index in [1.807, 2.05) is 31.2 Å². The van der Waals surface area contributed by atoms with Crippen molar-refractivity contribution < 1.29 is 18.7 Å². The fourth-order valence-corrected chi connectivity index (χ4v) is 6.18. The molecule has 1 aliphatic carbocycles. The Morgan fingerprint density at radius 3 is 2.55 bits per heavy atom. The molecule has 2 aromatic heterocycles. The van der Waals surface area contributed by atoms with Gasteiger partial charge in [-0.3, -0.25) is 18.7 Å². The van der Waals surface area contributed by atoms with Gasteiger partial charge in [0, 0.05) is 41.7 Å². The number of ether oxygens (including phenoxy) is 1. The average molecular weight is 718 g/mol. The summed E-state index contributed by atoms with van der Waals surface area (Å²) < 4.78 is 15.2. The molecule has 1 aliphatic heterocycles. The molecule has 2 amide bonds. The van der Waals surface area contributed by atoms with Crippen LogP contribution in [0.4, 0.5) is 0 Å². The zero-order chi connectivity index (χ0) is 32.8. The van der Waals surface area contributed by atoms with Crippen molar-refractivity contribution in [2.45, 2.75) is 58.5 Å². The number of benzene rings is 3. The lowest BCUT2D eigenvalue weighted by Gasteiger charge is -2.34. The van der Waals surface area contributed by atoms with E-state index in [4.69, 9.17) is 20.8 Å². The number of carbonyl (C=O) groups is 2. The highest BCUT2D eigenvalue weighted by molar-refractivity contribution is 9.10. The smallest absolute Gasteiger partial charge is 0.333 e. The molecule has 240 valence electrons. The van der Waals surface area contributed by atoms with Crippen LogP contribution in [-0.2, 0) is 19.6 Å². The number of carbonyl (C=O) groups excluding carboxylic acids is 2. The van der Waals surface area contributed by atoms with Gasteiger partial charge in [0.2, 0.25) is 11.8 Å². The van der Waals surface area contributed by atoms with Crippen LogP contribution >= 0.6 is 27.5 Å². The maximum absolute atomic E-state index is 14.2. The summed E-state index contributed by atoms with van der Waals surface area (Å²) in [6.07, 6.45) is 2.26. The summed E-state index contributed by atoms with van der Waals surface area (Å²) in [6, 6.07) is 19.2. The Hall–Kier alpha value is -4.68. The van der Waals surface area contributed by atoms with Gasteiger partial charge in [-0.25, -0.2) is 4.79 Å². The molecule has 0 bridgehead atoms. The van der Waals surface area contributed by atoms with Crippen molar-refractivity contribution in [1.29, 1.82) is 0 Å². The molecule has 11 nitrogen and oxygen atoms in total. The van der Waals surface area contributed by atoms with Crippen molar-refractivity contribution >= 4 is 39.3 Å². The van der Waals surface area contributed by atoms with Crippen LogP contribution in [0.15, 0.2) is 80.4 Å². The molecule has 2 aliphatic rings. The second-order valence-electron chi connectivity index (χ2n) is 11.7. The van der Waals surface area contributed by atoms with Crippen molar-refractivity contribution in [2.24, 2.45) is 0 Å². The highest BCUT2D eigenvalue weighted by Gasteiger charge is 2.35. The summed E-state index contributed by atoms with van der Waals surface area (Å²) in [5.74, 6) is 0.742. The van der Waals surface area contributed by atoms with Crippen molar-refractivity contribution in [1.82, 2.24) is 29.5 Å². The minimum absolute atomic E-state index is 0.0411. The molecular formula is C34H30BrClN6O5. The van der Waals surface area contributed by atoms with E-state index in [0.717, 1.165) is 18.4 Å². The number of nitrogens with one attached hydrogen (secondary N) is 1. The highest BCUT2D eigenvalue weighted by atomic mass is 79.9. The van der Waals surface area contributed by atoms with Crippen LogP contribution < -0.4 is 15.7 Å². The third-order valence-corrected chi connectivity index (χ3v) is 9.55. The zero-order valence-electron chi connectivity index (χ0n) is 25.6. The van der Waals surface area contributed by atoms with E-state index in [1.54, 1.807) is 58.9 Å². The van der Waals surface area contributed by atoms with E-state index in [-0.39, 0.29) is 49.1 Å². The first-order chi connectivity index (χ1) is 22.7. The number of halogens is 2. The molecule has 5 aromatic rings. The number of aromatic nitrogens is 4. The Balaban J connectivity index is 1.26. The number of hydrogen-bond acceptors (Lipinski definition) is 7. The Morgan fingerprint density at radius 1 is 1.09 bits per heavy atom. The van der Waals surface area contributed by atoms with E-state index in [0.29, 0.717) is 49.5 Å². The Kier molecular flexibility index (Phi) is 8.23. The summed E-state index contributed by atoms with van der Waals surface area (Å²) in [5.41, 5.74) is 2.58. The van der Waals surface area contributed by atoms with Crippen LogP contribution in [0.2, 0.25) is 5.02 Å². The third kappa shape index (κ3) is 6.10. The van der Waals surface area contributed by atoms with Crippen molar-refractivity contribution in [3.63, 3.8) is 0 Å². The maximum atomic E-state index is 14.2. The molecule has 0 unspecified atom stereocenters. The summed E-state index contributed by atoms with van der Waals surface area (Å²) in [7, 11) is 0. The van der Waals surface area contributed by atoms with Crippen LogP contribution in [0.25, 0.3) is 17.1 Å². The lowest BCUT2D eigenvalue weighted by atomic mass is 10.1. The van der Waals surface area contributed by atoms with Gasteiger partial charge in [-0.15, -0.1) is 10.2 Å². The zero-order valence-corrected chi connectivity index (χ0v) is 27.9. The summed E-state index contributed by atoms with van der Waals surface area (Å²) in [6.45, 7) is 3.96.